The minimum Gasteiger partial charge on any atom is -0.296 e. The van der Waals surface area contributed by atoms with Crippen molar-refractivity contribution in [3.8, 4) is 0 Å². The molecule has 0 aliphatic heterocycles. The number of carbonyl (C=O) groups is 1. The van der Waals surface area contributed by atoms with E-state index in [2.05, 4.69) is 57.4 Å². The Hall–Kier alpha value is -3.66. The first kappa shape index (κ1) is 21.6. The lowest BCUT2D eigenvalue weighted by atomic mass is 9.90. The average molecular weight is 422 g/mol. The summed E-state index contributed by atoms with van der Waals surface area (Å²) >= 11 is 0. The Labute approximate surface area is 189 Å². The number of pyridine rings is 2. The van der Waals surface area contributed by atoms with E-state index in [9.17, 15) is 4.79 Å². The molecule has 0 bridgehead atoms. The Morgan fingerprint density at radius 1 is 0.969 bits per heavy atom. The molecule has 32 heavy (non-hydrogen) atoms. The molecule has 2 aromatic heterocycles. The number of carbonyl (C=O) groups excluding carboxylic acids is 1. The number of aryl methyl sites for hydroxylation is 2. The Morgan fingerprint density at radius 3 is 2.38 bits per heavy atom. The van der Waals surface area contributed by atoms with E-state index in [4.69, 9.17) is 0 Å². The third-order valence-electron chi connectivity index (χ3n) is 5.83. The number of allylic oxidation sites excluding steroid dienone is 4. The first-order valence-electron chi connectivity index (χ1n) is 11.0. The maximum absolute atomic E-state index is 12.8. The van der Waals surface area contributed by atoms with Gasteiger partial charge in [-0.2, -0.15) is 0 Å². The summed E-state index contributed by atoms with van der Waals surface area (Å²) in [7, 11) is 1.70. The Balaban J connectivity index is 1.41. The number of hydrogen-bond acceptors (Lipinski definition) is 4. The zero-order chi connectivity index (χ0) is 22.3. The highest BCUT2D eigenvalue weighted by atomic mass is 16.1. The van der Waals surface area contributed by atoms with Crippen LogP contribution in [0.4, 0.5) is 0 Å². The van der Waals surface area contributed by atoms with Gasteiger partial charge in [-0.05, 0) is 66.2 Å². The van der Waals surface area contributed by atoms with Crippen LogP contribution in [-0.4, -0.2) is 29.0 Å². The first-order valence-corrected chi connectivity index (χ1v) is 11.0. The van der Waals surface area contributed by atoms with Crippen LogP contribution in [-0.2, 0) is 6.42 Å². The van der Waals surface area contributed by atoms with Gasteiger partial charge in [0.1, 0.15) is 5.69 Å². The number of aliphatic imine (C=N–C) groups is 1. The van der Waals surface area contributed by atoms with Gasteiger partial charge in [0.05, 0.1) is 0 Å². The van der Waals surface area contributed by atoms with Crippen molar-refractivity contribution in [3.63, 3.8) is 0 Å². The number of ketones is 1. The fourth-order valence-electron chi connectivity index (χ4n) is 3.98. The standard InChI is InChI=1S/C28H27N3O/c1-20-16-17-30-28(26(20)19-29-2)27(32)15-14-25-13-12-24(18-31-25)23-10-8-22(9-11-23)21-6-4-3-5-7-21/h3-8,10,12-13,16-19H,9,11,14-15H2,1-2H3. The van der Waals surface area contributed by atoms with Gasteiger partial charge in [-0.3, -0.25) is 19.8 Å². The fraction of sp³-hybridized carbons (Fsp3) is 0.214. The van der Waals surface area contributed by atoms with Crippen LogP contribution in [0, 0.1) is 6.92 Å². The molecule has 1 aliphatic carbocycles. The second-order valence-corrected chi connectivity index (χ2v) is 7.99. The highest BCUT2D eigenvalue weighted by Gasteiger charge is 2.15. The molecule has 0 saturated carbocycles. The molecule has 0 saturated heterocycles. The molecule has 1 aromatic carbocycles. The molecule has 160 valence electrons. The van der Waals surface area contributed by atoms with Gasteiger partial charge >= 0.3 is 0 Å². The summed E-state index contributed by atoms with van der Waals surface area (Å²) in [6.07, 6.45) is 12.7. The van der Waals surface area contributed by atoms with Crippen LogP contribution in [0.2, 0.25) is 0 Å². The highest BCUT2D eigenvalue weighted by molar-refractivity contribution is 6.02. The maximum atomic E-state index is 12.8. The van der Waals surface area contributed by atoms with Gasteiger partial charge in [0.15, 0.2) is 5.78 Å². The van der Waals surface area contributed by atoms with Crippen LogP contribution in [0.15, 0.2) is 78.1 Å². The van der Waals surface area contributed by atoms with E-state index in [0.717, 1.165) is 35.2 Å². The molecule has 4 nitrogen and oxygen atoms in total. The number of rotatable bonds is 7. The van der Waals surface area contributed by atoms with Crippen LogP contribution >= 0.6 is 0 Å². The molecule has 0 unspecified atom stereocenters. The lowest BCUT2D eigenvalue weighted by Gasteiger charge is -2.15. The Morgan fingerprint density at radius 2 is 1.72 bits per heavy atom. The number of Topliss-reactive ketones (excluding diaryl/α,β-unsaturated/α-hetero) is 1. The summed E-state index contributed by atoms with van der Waals surface area (Å²) in [5.74, 6) is 0.0167. The molecule has 0 radical (unpaired) electrons. The molecule has 4 rings (SSSR count). The number of nitrogens with zero attached hydrogens (tertiary/aromatic N) is 3. The van der Waals surface area contributed by atoms with Crippen molar-refractivity contribution in [3.05, 3.63) is 107 Å². The van der Waals surface area contributed by atoms with E-state index in [-0.39, 0.29) is 5.78 Å². The van der Waals surface area contributed by atoms with Crippen molar-refractivity contribution < 1.29 is 4.79 Å². The quantitative estimate of drug-likeness (QED) is 0.352. The summed E-state index contributed by atoms with van der Waals surface area (Å²) in [6, 6.07) is 16.6. The van der Waals surface area contributed by atoms with Gasteiger partial charge in [0.25, 0.3) is 0 Å². The summed E-state index contributed by atoms with van der Waals surface area (Å²) in [5, 5.41) is 0. The molecular weight excluding hydrogens is 394 g/mol. The van der Waals surface area contributed by atoms with Gasteiger partial charge in [0, 0.05) is 43.3 Å². The lowest BCUT2D eigenvalue weighted by molar-refractivity contribution is 0.0977. The predicted octanol–water partition coefficient (Wildman–Crippen LogP) is 5.91. The van der Waals surface area contributed by atoms with Crippen LogP contribution in [0.3, 0.4) is 0 Å². The second-order valence-electron chi connectivity index (χ2n) is 7.99. The minimum atomic E-state index is 0.0167. The molecule has 0 spiro atoms. The van der Waals surface area contributed by atoms with E-state index in [1.54, 1.807) is 19.5 Å². The summed E-state index contributed by atoms with van der Waals surface area (Å²) in [4.78, 5) is 25.7. The van der Waals surface area contributed by atoms with Gasteiger partial charge in [-0.1, -0.05) is 48.6 Å². The van der Waals surface area contributed by atoms with Crippen LogP contribution in [0.25, 0.3) is 11.1 Å². The van der Waals surface area contributed by atoms with Crippen molar-refractivity contribution >= 4 is 23.1 Å². The normalized spacial score (nSPS) is 13.7. The number of benzene rings is 1. The van der Waals surface area contributed by atoms with Crippen molar-refractivity contribution in [2.75, 3.05) is 7.05 Å². The van der Waals surface area contributed by atoms with Gasteiger partial charge < -0.3 is 0 Å². The third kappa shape index (κ3) is 4.97. The molecule has 0 amide bonds. The van der Waals surface area contributed by atoms with Crippen molar-refractivity contribution in [1.82, 2.24) is 9.97 Å². The summed E-state index contributed by atoms with van der Waals surface area (Å²) in [5.41, 5.74) is 8.31. The second kappa shape index (κ2) is 10.1. The lowest BCUT2D eigenvalue weighted by Crippen LogP contribution is -2.09. The van der Waals surface area contributed by atoms with Gasteiger partial charge in [-0.25, -0.2) is 0 Å². The minimum absolute atomic E-state index is 0.0167. The molecule has 0 fully saturated rings. The van der Waals surface area contributed by atoms with E-state index in [1.165, 1.54) is 16.7 Å². The van der Waals surface area contributed by atoms with Crippen molar-refractivity contribution in [2.24, 2.45) is 4.99 Å². The molecule has 0 atom stereocenters. The maximum Gasteiger partial charge on any atom is 0.182 e. The number of aromatic nitrogens is 2. The molecule has 1 aliphatic rings. The average Bonchev–Trinajstić information content (AvgIpc) is 2.85. The third-order valence-corrected chi connectivity index (χ3v) is 5.83. The molecule has 4 heteroatoms. The number of hydrogen-bond donors (Lipinski definition) is 0. The monoisotopic (exact) mass is 421 g/mol. The van der Waals surface area contributed by atoms with Crippen LogP contribution < -0.4 is 0 Å². The van der Waals surface area contributed by atoms with E-state index in [1.807, 2.05) is 31.3 Å². The predicted molar refractivity (Wildman–Crippen MR) is 131 cm³/mol. The largest absolute Gasteiger partial charge is 0.296 e. The zero-order valence-electron chi connectivity index (χ0n) is 18.6. The molecule has 2 heterocycles. The Bertz CT molecular complexity index is 1190. The molecule has 3 aromatic rings. The Kier molecular flexibility index (Phi) is 6.81. The molecule has 0 N–H and O–H groups in total. The van der Waals surface area contributed by atoms with Gasteiger partial charge in [-0.15, -0.1) is 0 Å². The van der Waals surface area contributed by atoms with E-state index in [0.29, 0.717) is 18.5 Å². The summed E-state index contributed by atoms with van der Waals surface area (Å²) < 4.78 is 0. The van der Waals surface area contributed by atoms with E-state index >= 15 is 0 Å². The van der Waals surface area contributed by atoms with Crippen LogP contribution in [0.5, 0.6) is 0 Å². The SMILES string of the molecule is CN=Cc1c(C)ccnc1C(=O)CCc1ccc(C2=CC=C(c3ccccc3)CC2)cn1. The topological polar surface area (TPSA) is 55.2 Å². The summed E-state index contributed by atoms with van der Waals surface area (Å²) in [6.45, 7) is 1.97. The van der Waals surface area contributed by atoms with Crippen molar-refractivity contribution in [2.45, 2.75) is 32.6 Å². The fourth-order valence-corrected chi connectivity index (χ4v) is 3.98. The van der Waals surface area contributed by atoms with Crippen molar-refractivity contribution in [1.29, 1.82) is 0 Å². The molecular formula is C28H27N3O. The first-order chi connectivity index (χ1) is 15.7. The smallest absolute Gasteiger partial charge is 0.182 e. The van der Waals surface area contributed by atoms with Crippen LogP contribution in [0.1, 0.15) is 57.7 Å². The highest BCUT2D eigenvalue weighted by Crippen LogP contribution is 2.31. The van der Waals surface area contributed by atoms with E-state index < -0.39 is 0 Å². The zero-order valence-corrected chi connectivity index (χ0v) is 18.6. The van der Waals surface area contributed by atoms with Gasteiger partial charge in [0.2, 0.25) is 0 Å².